The molecule has 18 heavy (non-hydrogen) atoms. The monoisotopic (exact) mass is 310 g/mol. The van der Waals surface area contributed by atoms with E-state index in [0.717, 1.165) is 21.4 Å². The number of hydrogen-bond donors (Lipinski definition) is 1. The predicted molar refractivity (Wildman–Crippen MR) is 74.7 cm³/mol. The SMILES string of the molecule is CC1=NN(c2ccc(Br)cc2C)C(=O)C1CCO. The number of aliphatic hydroxyl groups is 1. The van der Waals surface area contributed by atoms with Crippen molar-refractivity contribution in [2.75, 3.05) is 11.6 Å². The molecule has 1 heterocycles. The fourth-order valence-corrected chi connectivity index (χ4v) is 2.57. The van der Waals surface area contributed by atoms with E-state index in [-0.39, 0.29) is 18.4 Å². The first-order valence-corrected chi connectivity index (χ1v) is 6.60. The van der Waals surface area contributed by atoms with E-state index in [1.807, 2.05) is 32.0 Å². The Labute approximate surface area is 114 Å². The number of anilines is 1. The molecule has 1 aliphatic heterocycles. The van der Waals surface area contributed by atoms with Gasteiger partial charge in [0.15, 0.2) is 0 Å². The van der Waals surface area contributed by atoms with Crippen molar-refractivity contribution in [3.05, 3.63) is 28.2 Å². The first-order valence-electron chi connectivity index (χ1n) is 5.80. The summed E-state index contributed by atoms with van der Waals surface area (Å²) in [6, 6.07) is 5.71. The highest BCUT2D eigenvalue weighted by Gasteiger charge is 2.34. The molecule has 96 valence electrons. The van der Waals surface area contributed by atoms with Crippen LogP contribution in [-0.4, -0.2) is 23.3 Å². The van der Waals surface area contributed by atoms with E-state index in [1.54, 1.807) is 0 Å². The molecule has 0 saturated carbocycles. The third-order valence-corrected chi connectivity index (χ3v) is 3.57. The minimum absolute atomic E-state index is 0.00354. The number of aliphatic hydroxyl groups excluding tert-OH is 1. The Kier molecular flexibility index (Phi) is 3.82. The maximum absolute atomic E-state index is 12.2. The lowest BCUT2D eigenvalue weighted by atomic mass is 10.0. The number of aryl methyl sites for hydroxylation is 1. The van der Waals surface area contributed by atoms with Crippen molar-refractivity contribution in [1.82, 2.24) is 0 Å². The second-order valence-electron chi connectivity index (χ2n) is 4.39. The van der Waals surface area contributed by atoms with Gasteiger partial charge in [0.05, 0.1) is 11.6 Å². The number of halogens is 1. The van der Waals surface area contributed by atoms with Gasteiger partial charge < -0.3 is 5.11 Å². The number of carbonyl (C=O) groups excluding carboxylic acids is 1. The molecule has 0 radical (unpaired) electrons. The highest BCUT2D eigenvalue weighted by atomic mass is 79.9. The molecule has 1 unspecified atom stereocenters. The van der Waals surface area contributed by atoms with Gasteiger partial charge in [0, 0.05) is 16.8 Å². The Morgan fingerprint density at radius 2 is 2.17 bits per heavy atom. The summed E-state index contributed by atoms with van der Waals surface area (Å²) in [5, 5.41) is 14.7. The van der Waals surface area contributed by atoms with Crippen LogP contribution in [0.1, 0.15) is 18.9 Å². The summed E-state index contributed by atoms with van der Waals surface area (Å²) in [7, 11) is 0. The summed E-state index contributed by atoms with van der Waals surface area (Å²) in [6.07, 6.45) is 0.431. The number of hydrogen-bond acceptors (Lipinski definition) is 3. The van der Waals surface area contributed by atoms with Crippen LogP contribution in [0.2, 0.25) is 0 Å². The smallest absolute Gasteiger partial charge is 0.256 e. The van der Waals surface area contributed by atoms with Crippen molar-refractivity contribution < 1.29 is 9.90 Å². The normalized spacial score (nSPS) is 19.3. The van der Waals surface area contributed by atoms with Gasteiger partial charge in [-0.3, -0.25) is 4.79 Å². The minimum atomic E-state index is -0.293. The first kappa shape index (κ1) is 13.2. The van der Waals surface area contributed by atoms with Crippen LogP contribution in [0.5, 0.6) is 0 Å². The van der Waals surface area contributed by atoms with Crippen LogP contribution < -0.4 is 5.01 Å². The van der Waals surface area contributed by atoms with E-state index >= 15 is 0 Å². The summed E-state index contributed by atoms with van der Waals surface area (Å²) >= 11 is 3.40. The predicted octanol–water partition coefficient (Wildman–Crippen LogP) is 2.48. The van der Waals surface area contributed by atoms with Crippen molar-refractivity contribution in [3.8, 4) is 0 Å². The molecule has 2 rings (SSSR count). The number of rotatable bonds is 3. The van der Waals surface area contributed by atoms with Crippen LogP contribution >= 0.6 is 15.9 Å². The van der Waals surface area contributed by atoms with Crippen molar-refractivity contribution in [1.29, 1.82) is 0 Å². The molecule has 0 spiro atoms. The zero-order chi connectivity index (χ0) is 13.3. The van der Waals surface area contributed by atoms with Gasteiger partial charge in [-0.2, -0.15) is 10.1 Å². The highest BCUT2D eigenvalue weighted by molar-refractivity contribution is 9.10. The second kappa shape index (κ2) is 5.20. The first-order chi connectivity index (χ1) is 8.54. The fraction of sp³-hybridized carbons (Fsp3) is 0.385. The topological polar surface area (TPSA) is 52.9 Å². The molecule has 1 atom stereocenters. The van der Waals surface area contributed by atoms with Crippen LogP contribution in [0.4, 0.5) is 5.69 Å². The highest BCUT2D eigenvalue weighted by Crippen LogP contribution is 2.29. The van der Waals surface area contributed by atoms with Gasteiger partial charge in [0.25, 0.3) is 5.91 Å². The summed E-state index contributed by atoms with van der Waals surface area (Å²) in [5.41, 5.74) is 2.54. The van der Waals surface area contributed by atoms with Crippen LogP contribution in [0.25, 0.3) is 0 Å². The van der Waals surface area contributed by atoms with Crippen molar-refractivity contribution >= 4 is 33.2 Å². The van der Waals surface area contributed by atoms with Crippen LogP contribution in [0, 0.1) is 12.8 Å². The largest absolute Gasteiger partial charge is 0.396 e. The Morgan fingerprint density at radius 1 is 1.44 bits per heavy atom. The molecule has 1 aromatic rings. The number of hydrazone groups is 1. The van der Waals surface area contributed by atoms with Crippen molar-refractivity contribution in [2.24, 2.45) is 11.0 Å². The van der Waals surface area contributed by atoms with Gasteiger partial charge >= 0.3 is 0 Å². The molecule has 1 aromatic carbocycles. The summed E-state index contributed by atoms with van der Waals surface area (Å²) < 4.78 is 0.975. The maximum atomic E-state index is 12.2. The number of nitrogens with zero attached hydrogens (tertiary/aromatic N) is 2. The molecular formula is C13H15BrN2O2. The van der Waals surface area contributed by atoms with Gasteiger partial charge in [0.2, 0.25) is 0 Å². The third kappa shape index (κ3) is 2.33. The fourth-order valence-electron chi connectivity index (χ4n) is 2.09. The average Bonchev–Trinajstić information content (AvgIpc) is 2.58. The molecular weight excluding hydrogens is 296 g/mol. The van der Waals surface area contributed by atoms with E-state index in [1.165, 1.54) is 5.01 Å². The molecule has 0 bridgehead atoms. The molecule has 1 amide bonds. The number of benzene rings is 1. The molecule has 0 aliphatic carbocycles. The Morgan fingerprint density at radius 3 is 2.78 bits per heavy atom. The minimum Gasteiger partial charge on any atom is -0.396 e. The molecule has 1 aliphatic rings. The van der Waals surface area contributed by atoms with E-state index < -0.39 is 0 Å². The van der Waals surface area contributed by atoms with E-state index in [0.29, 0.717) is 6.42 Å². The van der Waals surface area contributed by atoms with Crippen LogP contribution in [0.3, 0.4) is 0 Å². The Bertz CT molecular complexity index is 514. The molecule has 1 N–H and O–H groups in total. The van der Waals surface area contributed by atoms with Crippen LogP contribution in [-0.2, 0) is 4.79 Å². The van der Waals surface area contributed by atoms with E-state index in [2.05, 4.69) is 21.0 Å². The summed E-state index contributed by atoms with van der Waals surface area (Å²) in [6.45, 7) is 3.76. The molecule has 4 nitrogen and oxygen atoms in total. The lowest BCUT2D eigenvalue weighted by Gasteiger charge is -2.16. The second-order valence-corrected chi connectivity index (χ2v) is 5.30. The standard InChI is InChI=1S/C13H15BrN2O2/c1-8-7-10(14)3-4-12(8)16-13(18)11(5-6-17)9(2)15-16/h3-4,7,11,17H,5-6H2,1-2H3. The Balaban J connectivity index is 2.33. The molecule has 5 heteroatoms. The van der Waals surface area contributed by atoms with Gasteiger partial charge in [0.1, 0.15) is 0 Å². The average molecular weight is 311 g/mol. The lowest BCUT2D eigenvalue weighted by Crippen LogP contribution is -2.28. The van der Waals surface area contributed by atoms with E-state index in [4.69, 9.17) is 5.11 Å². The van der Waals surface area contributed by atoms with Crippen molar-refractivity contribution in [2.45, 2.75) is 20.3 Å². The van der Waals surface area contributed by atoms with Gasteiger partial charge in [-0.1, -0.05) is 15.9 Å². The lowest BCUT2D eigenvalue weighted by molar-refractivity contribution is -0.120. The van der Waals surface area contributed by atoms with E-state index in [9.17, 15) is 4.79 Å². The summed E-state index contributed by atoms with van der Waals surface area (Å²) in [5.74, 6) is -0.356. The number of carbonyl (C=O) groups is 1. The van der Waals surface area contributed by atoms with Gasteiger partial charge in [-0.15, -0.1) is 0 Å². The molecule has 0 saturated heterocycles. The molecule has 0 aromatic heterocycles. The van der Waals surface area contributed by atoms with Gasteiger partial charge in [-0.05, 0) is 44.0 Å². The number of amides is 1. The van der Waals surface area contributed by atoms with Crippen molar-refractivity contribution in [3.63, 3.8) is 0 Å². The summed E-state index contributed by atoms with van der Waals surface area (Å²) in [4.78, 5) is 12.2. The third-order valence-electron chi connectivity index (χ3n) is 3.07. The quantitative estimate of drug-likeness (QED) is 0.932. The van der Waals surface area contributed by atoms with Crippen LogP contribution in [0.15, 0.2) is 27.8 Å². The zero-order valence-electron chi connectivity index (χ0n) is 10.4. The maximum Gasteiger partial charge on any atom is 0.256 e. The molecule has 0 fully saturated rings. The Hall–Kier alpha value is -1.20. The zero-order valence-corrected chi connectivity index (χ0v) is 11.9. The van der Waals surface area contributed by atoms with Gasteiger partial charge in [-0.25, -0.2) is 0 Å².